The minimum absolute atomic E-state index is 0.741. The van der Waals surface area contributed by atoms with Gasteiger partial charge < -0.3 is 0 Å². The van der Waals surface area contributed by atoms with Crippen LogP contribution in [0.5, 0.6) is 0 Å². The third-order valence-corrected chi connectivity index (χ3v) is 4.54. The third-order valence-electron chi connectivity index (χ3n) is 1.97. The Bertz CT molecular complexity index is 197. The van der Waals surface area contributed by atoms with E-state index in [1.165, 1.54) is 30.8 Å². The van der Waals surface area contributed by atoms with E-state index in [2.05, 4.69) is 26.8 Å². The standard InChI is InChI=1S/C9H13.Hf/c1-7(2)9-5-4-8(3)6-9;/h5,7H,4H2,1-3H3;. The van der Waals surface area contributed by atoms with Crippen molar-refractivity contribution in [3.63, 3.8) is 0 Å². The van der Waals surface area contributed by atoms with Crippen LogP contribution in [-0.2, 0) is 24.4 Å². The van der Waals surface area contributed by atoms with Crippen molar-refractivity contribution in [2.75, 3.05) is 0 Å². The van der Waals surface area contributed by atoms with E-state index in [0.717, 1.165) is 5.92 Å². The fraction of sp³-hybridized carbons (Fsp3) is 0.556. The van der Waals surface area contributed by atoms with Crippen LogP contribution < -0.4 is 0 Å². The van der Waals surface area contributed by atoms with Crippen molar-refractivity contribution >= 4 is 0 Å². The summed E-state index contributed by atoms with van der Waals surface area (Å²) in [6, 6.07) is 0. The Kier molecular flexibility index (Phi) is 2.67. The molecule has 10 heavy (non-hydrogen) atoms. The van der Waals surface area contributed by atoms with E-state index >= 15 is 0 Å². The van der Waals surface area contributed by atoms with Crippen LogP contribution in [0.15, 0.2) is 20.6 Å². The monoisotopic (exact) mass is 301 g/mol. The number of hydrogen-bond donors (Lipinski definition) is 0. The van der Waals surface area contributed by atoms with Gasteiger partial charge in [0.25, 0.3) is 0 Å². The Hall–Kier alpha value is 0.350. The predicted octanol–water partition coefficient (Wildman–Crippen LogP) is 2.79. The fourth-order valence-corrected chi connectivity index (χ4v) is 3.01. The van der Waals surface area contributed by atoms with Gasteiger partial charge >= 0.3 is 78.0 Å². The Morgan fingerprint density at radius 3 is 2.30 bits per heavy atom. The van der Waals surface area contributed by atoms with E-state index in [1.54, 1.807) is 14.5 Å². The molecule has 0 heterocycles. The molecule has 0 saturated heterocycles. The molecule has 0 saturated carbocycles. The third kappa shape index (κ3) is 1.50. The van der Waals surface area contributed by atoms with Crippen molar-refractivity contribution in [2.45, 2.75) is 27.2 Å². The van der Waals surface area contributed by atoms with E-state index in [4.69, 9.17) is 0 Å². The molecule has 53 valence electrons. The summed E-state index contributed by atoms with van der Waals surface area (Å²) in [6.07, 6.45) is 3.61. The molecule has 0 amide bonds. The SMILES string of the molecule is CC1=[C]([Hf])C(C(C)C)=CC1. The van der Waals surface area contributed by atoms with Gasteiger partial charge in [-0.2, -0.15) is 0 Å². The maximum absolute atomic E-state index is 2.39. The zero-order valence-corrected chi connectivity index (χ0v) is 10.5. The van der Waals surface area contributed by atoms with Crippen molar-refractivity contribution in [3.05, 3.63) is 20.6 Å². The first-order chi connectivity index (χ1) is 4.63. The van der Waals surface area contributed by atoms with Crippen molar-refractivity contribution in [1.82, 2.24) is 0 Å². The van der Waals surface area contributed by atoms with Gasteiger partial charge in [-0.3, -0.25) is 0 Å². The van der Waals surface area contributed by atoms with Crippen molar-refractivity contribution in [2.24, 2.45) is 5.92 Å². The molecule has 0 aromatic carbocycles. The van der Waals surface area contributed by atoms with Gasteiger partial charge in [0.2, 0.25) is 0 Å². The molecule has 0 spiro atoms. The molecule has 1 aliphatic rings. The summed E-state index contributed by atoms with van der Waals surface area (Å²) in [5, 5.41) is 0. The molecule has 0 nitrogen and oxygen atoms in total. The van der Waals surface area contributed by atoms with E-state index in [0.29, 0.717) is 0 Å². The fourth-order valence-electron chi connectivity index (χ4n) is 1.24. The first-order valence-electron chi connectivity index (χ1n) is 3.74. The molecule has 0 unspecified atom stereocenters. The van der Waals surface area contributed by atoms with Crippen LogP contribution in [0.1, 0.15) is 27.2 Å². The number of allylic oxidation sites excluding steroid dienone is 4. The summed E-state index contributed by atoms with van der Waals surface area (Å²) in [7, 11) is 0. The van der Waals surface area contributed by atoms with Gasteiger partial charge in [-0.05, 0) is 0 Å². The summed E-state index contributed by atoms with van der Waals surface area (Å²) in [4.78, 5) is 0. The Morgan fingerprint density at radius 1 is 1.50 bits per heavy atom. The topological polar surface area (TPSA) is 0 Å². The van der Waals surface area contributed by atoms with Crippen LogP contribution >= 0.6 is 0 Å². The molecule has 0 fully saturated rings. The van der Waals surface area contributed by atoms with Gasteiger partial charge in [0.1, 0.15) is 0 Å². The summed E-state index contributed by atoms with van der Waals surface area (Å²) in [6.45, 7) is 6.82. The van der Waals surface area contributed by atoms with Crippen LogP contribution in [0.2, 0.25) is 0 Å². The van der Waals surface area contributed by atoms with E-state index < -0.39 is 0 Å². The average Bonchev–Trinajstić information content (AvgIpc) is 2.14. The van der Waals surface area contributed by atoms with E-state index in [9.17, 15) is 0 Å². The Labute approximate surface area is 78.0 Å². The maximum atomic E-state index is 2.39. The first-order valence-corrected chi connectivity index (χ1v) is 5.54. The van der Waals surface area contributed by atoms with Crippen molar-refractivity contribution in [3.8, 4) is 0 Å². The van der Waals surface area contributed by atoms with Gasteiger partial charge in [0, 0.05) is 0 Å². The summed E-state index contributed by atoms with van der Waals surface area (Å²) in [5.74, 6) is 0.741. The number of hydrogen-bond acceptors (Lipinski definition) is 0. The van der Waals surface area contributed by atoms with Gasteiger partial charge in [-0.15, -0.1) is 0 Å². The second-order valence-electron chi connectivity index (χ2n) is 3.17. The molecular weight excluding hydrogens is 287 g/mol. The molecule has 1 rings (SSSR count). The van der Waals surface area contributed by atoms with Crippen LogP contribution in [0.4, 0.5) is 0 Å². The number of rotatable bonds is 1. The molecule has 1 aliphatic carbocycles. The van der Waals surface area contributed by atoms with Gasteiger partial charge in [0.05, 0.1) is 0 Å². The quantitative estimate of drug-likeness (QED) is 0.653. The molecule has 1 heteroatoms. The van der Waals surface area contributed by atoms with Gasteiger partial charge in [-0.25, -0.2) is 0 Å². The van der Waals surface area contributed by atoms with Crippen LogP contribution in [0.3, 0.4) is 0 Å². The van der Waals surface area contributed by atoms with Gasteiger partial charge in [0.15, 0.2) is 0 Å². The summed E-state index contributed by atoms with van der Waals surface area (Å²) in [5.41, 5.74) is 3.22. The molecule has 0 aromatic heterocycles. The van der Waals surface area contributed by atoms with E-state index in [1.807, 2.05) is 0 Å². The van der Waals surface area contributed by atoms with Crippen molar-refractivity contribution in [1.29, 1.82) is 0 Å². The molecule has 0 radical (unpaired) electrons. The molecular formula is C9H13Hf. The van der Waals surface area contributed by atoms with Crippen LogP contribution in [0, 0.1) is 5.92 Å². The summed E-state index contributed by atoms with van der Waals surface area (Å²) < 4.78 is 1.66. The summed E-state index contributed by atoms with van der Waals surface area (Å²) >= 11 is 1.23. The second-order valence-corrected chi connectivity index (χ2v) is 4.97. The zero-order valence-electron chi connectivity index (χ0n) is 6.86. The van der Waals surface area contributed by atoms with Gasteiger partial charge in [-0.1, -0.05) is 0 Å². The zero-order chi connectivity index (χ0) is 7.72. The van der Waals surface area contributed by atoms with Crippen LogP contribution in [-0.4, -0.2) is 0 Å². The van der Waals surface area contributed by atoms with Crippen LogP contribution in [0.25, 0.3) is 0 Å². The second kappa shape index (κ2) is 3.17. The molecule has 0 N–H and O–H groups in total. The minimum atomic E-state index is 0.741. The average molecular weight is 300 g/mol. The Balaban J connectivity index is 2.83. The normalized spacial score (nSPS) is 18.5. The van der Waals surface area contributed by atoms with Crippen molar-refractivity contribution < 1.29 is 24.4 Å². The Morgan fingerprint density at radius 2 is 2.10 bits per heavy atom. The molecule has 0 atom stereocenters. The molecule has 0 bridgehead atoms. The molecule has 0 aliphatic heterocycles. The van der Waals surface area contributed by atoms with E-state index in [-0.39, 0.29) is 0 Å². The predicted molar refractivity (Wildman–Crippen MR) is 40.2 cm³/mol. The first kappa shape index (κ1) is 8.45. The molecule has 0 aromatic rings.